The molecule has 2 nitrogen and oxygen atoms in total. The van der Waals surface area contributed by atoms with Gasteiger partial charge < -0.3 is 5.32 Å². The first-order valence-corrected chi connectivity index (χ1v) is 5.04. The van der Waals surface area contributed by atoms with Crippen molar-refractivity contribution < 1.29 is 0 Å². The van der Waals surface area contributed by atoms with Gasteiger partial charge >= 0.3 is 0 Å². The van der Waals surface area contributed by atoms with Gasteiger partial charge in [0.05, 0.1) is 6.07 Å². The van der Waals surface area contributed by atoms with Gasteiger partial charge in [-0.25, -0.2) is 0 Å². The Morgan fingerprint density at radius 1 is 1.38 bits per heavy atom. The van der Waals surface area contributed by atoms with Gasteiger partial charge in [0.25, 0.3) is 0 Å². The van der Waals surface area contributed by atoms with Gasteiger partial charge in [-0.2, -0.15) is 5.26 Å². The van der Waals surface area contributed by atoms with Crippen LogP contribution >= 0.6 is 0 Å². The molecule has 0 bridgehead atoms. The van der Waals surface area contributed by atoms with Crippen LogP contribution in [0.2, 0.25) is 0 Å². The summed E-state index contributed by atoms with van der Waals surface area (Å²) >= 11 is 0. The first-order chi connectivity index (χ1) is 5.87. The second kappa shape index (κ2) is 3.31. The lowest BCUT2D eigenvalue weighted by atomic mass is 9.84. The fourth-order valence-electron chi connectivity index (χ4n) is 2.60. The zero-order chi connectivity index (χ0) is 10.1. The van der Waals surface area contributed by atoms with Gasteiger partial charge in [-0.3, -0.25) is 0 Å². The summed E-state index contributed by atoms with van der Waals surface area (Å²) in [5.41, 5.74) is 0.434. The van der Waals surface area contributed by atoms with Crippen molar-refractivity contribution in [3.8, 4) is 6.07 Å². The molecule has 13 heavy (non-hydrogen) atoms. The van der Waals surface area contributed by atoms with Crippen LogP contribution in [0.15, 0.2) is 0 Å². The molecule has 1 aliphatic heterocycles. The van der Waals surface area contributed by atoms with Crippen molar-refractivity contribution in [1.29, 1.82) is 5.26 Å². The number of nitrogens with one attached hydrogen (secondary N) is 1. The van der Waals surface area contributed by atoms with Crippen molar-refractivity contribution in [3.05, 3.63) is 0 Å². The molecule has 0 radical (unpaired) electrons. The van der Waals surface area contributed by atoms with Crippen LogP contribution < -0.4 is 5.32 Å². The zero-order valence-corrected chi connectivity index (χ0v) is 9.15. The van der Waals surface area contributed by atoms with Crippen molar-refractivity contribution in [1.82, 2.24) is 5.32 Å². The van der Waals surface area contributed by atoms with E-state index in [1.54, 1.807) is 0 Å². The molecule has 0 aliphatic carbocycles. The third kappa shape index (κ3) is 2.45. The van der Waals surface area contributed by atoms with Crippen molar-refractivity contribution in [2.45, 2.75) is 58.0 Å². The fourth-order valence-corrected chi connectivity index (χ4v) is 2.60. The molecule has 0 aromatic rings. The second-order valence-corrected chi connectivity index (χ2v) is 5.33. The summed E-state index contributed by atoms with van der Waals surface area (Å²) < 4.78 is 0. The molecule has 1 atom stereocenters. The average molecular weight is 180 g/mol. The maximum atomic E-state index is 8.56. The van der Waals surface area contributed by atoms with Crippen LogP contribution in [0.4, 0.5) is 0 Å². The quantitative estimate of drug-likeness (QED) is 0.708. The van der Waals surface area contributed by atoms with Gasteiger partial charge in [0.2, 0.25) is 0 Å². The highest BCUT2D eigenvalue weighted by molar-refractivity contribution is 5.03. The van der Waals surface area contributed by atoms with Gasteiger partial charge in [0, 0.05) is 17.5 Å². The van der Waals surface area contributed by atoms with E-state index < -0.39 is 0 Å². The molecule has 0 saturated carbocycles. The van der Waals surface area contributed by atoms with Crippen molar-refractivity contribution >= 4 is 0 Å². The number of rotatable bonds is 2. The Morgan fingerprint density at radius 3 is 2.38 bits per heavy atom. The first kappa shape index (κ1) is 10.5. The molecule has 1 fully saturated rings. The van der Waals surface area contributed by atoms with E-state index in [1.165, 1.54) is 6.42 Å². The Labute approximate surface area is 81.3 Å². The van der Waals surface area contributed by atoms with Gasteiger partial charge in [-0.05, 0) is 46.5 Å². The molecule has 1 saturated heterocycles. The molecular weight excluding hydrogens is 160 g/mol. The molecule has 1 unspecified atom stereocenters. The lowest BCUT2D eigenvalue weighted by Crippen LogP contribution is -2.45. The number of nitrogens with zero attached hydrogens (tertiary/aromatic N) is 1. The predicted molar refractivity (Wildman–Crippen MR) is 54.2 cm³/mol. The molecule has 2 heteroatoms. The standard InChI is InChI=1S/C11H20N2/c1-10(2)8-9(6-5-7-12)11(3,4)13-10/h9,13H,5-6,8H2,1-4H3. The van der Waals surface area contributed by atoms with Crippen LogP contribution in [-0.4, -0.2) is 11.1 Å². The number of nitriles is 1. The molecule has 1 N–H and O–H groups in total. The van der Waals surface area contributed by atoms with E-state index in [4.69, 9.17) is 5.26 Å². The molecule has 74 valence electrons. The largest absolute Gasteiger partial charge is 0.307 e. The molecule has 1 heterocycles. The Bertz CT molecular complexity index is 223. The molecule has 0 aromatic heterocycles. The lowest BCUT2D eigenvalue weighted by molar-refractivity contribution is 0.311. The Balaban J connectivity index is 2.61. The van der Waals surface area contributed by atoms with Crippen LogP contribution in [0.25, 0.3) is 0 Å². The first-order valence-electron chi connectivity index (χ1n) is 5.04. The normalized spacial score (nSPS) is 29.9. The summed E-state index contributed by atoms with van der Waals surface area (Å²) in [6, 6.07) is 2.23. The molecule has 1 aliphatic rings. The summed E-state index contributed by atoms with van der Waals surface area (Å²) in [4.78, 5) is 0. The summed E-state index contributed by atoms with van der Waals surface area (Å²) in [5.74, 6) is 0.641. The minimum absolute atomic E-state index is 0.195. The van der Waals surface area contributed by atoms with E-state index in [9.17, 15) is 0 Å². The highest BCUT2D eigenvalue weighted by Gasteiger charge is 2.43. The third-order valence-corrected chi connectivity index (χ3v) is 3.04. The minimum atomic E-state index is 0.195. The highest BCUT2D eigenvalue weighted by Crippen LogP contribution is 2.38. The monoisotopic (exact) mass is 180 g/mol. The summed E-state index contributed by atoms with van der Waals surface area (Å²) in [6.07, 6.45) is 2.90. The fraction of sp³-hybridized carbons (Fsp3) is 0.909. The Hall–Kier alpha value is -0.550. The molecule has 0 aromatic carbocycles. The third-order valence-electron chi connectivity index (χ3n) is 3.04. The van der Waals surface area contributed by atoms with E-state index in [0.717, 1.165) is 6.42 Å². The second-order valence-electron chi connectivity index (χ2n) is 5.33. The number of hydrogen-bond donors (Lipinski definition) is 1. The van der Waals surface area contributed by atoms with Crippen LogP contribution in [0.1, 0.15) is 47.0 Å². The van der Waals surface area contributed by atoms with E-state index in [1.807, 2.05) is 0 Å². The smallest absolute Gasteiger partial charge is 0.0621 e. The summed E-state index contributed by atoms with van der Waals surface area (Å²) in [7, 11) is 0. The molecule has 1 rings (SSSR count). The van der Waals surface area contributed by atoms with Crippen LogP contribution in [-0.2, 0) is 0 Å². The van der Waals surface area contributed by atoms with E-state index in [-0.39, 0.29) is 11.1 Å². The topological polar surface area (TPSA) is 35.8 Å². The molecule has 0 spiro atoms. The number of hydrogen-bond acceptors (Lipinski definition) is 2. The average Bonchev–Trinajstić information content (AvgIpc) is 2.14. The van der Waals surface area contributed by atoms with E-state index >= 15 is 0 Å². The van der Waals surface area contributed by atoms with E-state index in [0.29, 0.717) is 12.3 Å². The summed E-state index contributed by atoms with van der Waals surface area (Å²) in [6.45, 7) is 8.95. The lowest BCUT2D eigenvalue weighted by Gasteiger charge is -2.28. The van der Waals surface area contributed by atoms with E-state index in [2.05, 4.69) is 39.1 Å². The SMILES string of the molecule is CC1(C)CC(CCC#N)C(C)(C)N1. The Kier molecular flexibility index (Phi) is 2.68. The van der Waals surface area contributed by atoms with Crippen molar-refractivity contribution in [2.24, 2.45) is 5.92 Å². The van der Waals surface area contributed by atoms with Crippen LogP contribution in [0.5, 0.6) is 0 Å². The van der Waals surface area contributed by atoms with Gasteiger partial charge in [-0.1, -0.05) is 0 Å². The van der Waals surface area contributed by atoms with Crippen LogP contribution in [0.3, 0.4) is 0 Å². The molecule has 0 amide bonds. The molecular formula is C11H20N2. The zero-order valence-electron chi connectivity index (χ0n) is 9.15. The van der Waals surface area contributed by atoms with Gasteiger partial charge in [0.1, 0.15) is 0 Å². The minimum Gasteiger partial charge on any atom is -0.307 e. The Morgan fingerprint density at radius 2 is 2.00 bits per heavy atom. The van der Waals surface area contributed by atoms with Gasteiger partial charge in [0.15, 0.2) is 0 Å². The van der Waals surface area contributed by atoms with Crippen molar-refractivity contribution in [2.75, 3.05) is 0 Å². The van der Waals surface area contributed by atoms with Crippen LogP contribution in [0, 0.1) is 17.2 Å². The maximum absolute atomic E-state index is 8.56. The highest BCUT2D eigenvalue weighted by atomic mass is 15.1. The maximum Gasteiger partial charge on any atom is 0.0621 e. The summed E-state index contributed by atoms with van der Waals surface area (Å²) in [5, 5.41) is 12.2. The van der Waals surface area contributed by atoms with Gasteiger partial charge in [-0.15, -0.1) is 0 Å². The van der Waals surface area contributed by atoms with Crippen molar-refractivity contribution in [3.63, 3.8) is 0 Å². The predicted octanol–water partition coefficient (Wildman–Crippen LogP) is 2.46.